The molecule has 4 aliphatic heterocycles. The number of halogens is 1. The Morgan fingerprint density at radius 3 is 2.32 bits per heavy atom. The van der Waals surface area contributed by atoms with E-state index in [1.165, 1.54) is 53.0 Å². The van der Waals surface area contributed by atoms with Crippen LogP contribution in [0.3, 0.4) is 0 Å². The fourth-order valence-corrected chi connectivity index (χ4v) is 11.3. The van der Waals surface area contributed by atoms with Gasteiger partial charge in [0.05, 0.1) is 70.4 Å². The van der Waals surface area contributed by atoms with Gasteiger partial charge in [-0.15, -0.1) is 0 Å². The molecule has 2 fully saturated rings. The third kappa shape index (κ3) is 10.4. The van der Waals surface area contributed by atoms with Crippen LogP contribution in [0.2, 0.25) is 0 Å². The number of aliphatic hydroxyl groups excluding tert-OH is 2. The summed E-state index contributed by atoms with van der Waals surface area (Å²) in [4.78, 5) is 68.2. The van der Waals surface area contributed by atoms with Crippen molar-refractivity contribution in [1.82, 2.24) is 9.83 Å². The molecule has 5 aliphatic rings. The zero-order valence-electron chi connectivity index (χ0n) is 45.2. The first-order valence-corrected chi connectivity index (χ1v) is 26.0. The highest BCUT2D eigenvalue weighted by atomic mass is 19.1. The molecule has 8 N–H and O–H groups in total. The molecule has 5 bridgehead atoms. The molecule has 1 unspecified atom stereocenters. The molecule has 1 saturated heterocycles. The summed E-state index contributed by atoms with van der Waals surface area (Å²) in [6.45, 7) is 15.0. The van der Waals surface area contributed by atoms with E-state index in [9.17, 15) is 54.6 Å². The van der Waals surface area contributed by atoms with Gasteiger partial charge in [-0.3, -0.25) is 23.6 Å². The maximum atomic E-state index is 16.1. The van der Waals surface area contributed by atoms with E-state index in [1.807, 2.05) is 4.90 Å². The highest BCUT2D eigenvalue weighted by Crippen LogP contribution is 2.55. The van der Waals surface area contributed by atoms with E-state index < -0.39 is 117 Å². The lowest BCUT2D eigenvalue weighted by molar-refractivity contribution is -0.160. The number of benzene rings is 2. The van der Waals surface area contributed by atoms with Gasteiger partial charge in [0.1, 0.15) is 28.9 Å². The molecule has 0 radical (unpaired) electrons. The molecule has 6 heterocycles. The number of esters is 1. The van der Waals surface area contributed by atoms with Crippen molar-refractivity contribution in [2.45, 2.75) is 118 Å². The average molecular weight is 1080 g/mol. The van der Waals surface area contributed by atoms with Gasteiger partial charge >= 0.3 is 17.7 Å². The van der Waals surface area contributed by atoms with Crippen LogP contribution >= 0.6 is 0 Å². The van der Waals surface area contributed by atoms with Gasteiger partial charge in [-0.1, -0.05) is 45.9 Å². The fourth-order valence-electron chi connectivity index (χ4n) is 11.3. The van der Waals surface area contributed by atoms with Crippen molar-refractivity contribution >= 4 is 57.5 Å². The third-order valence-corrected chi connectivity index (χ3v) is 16.0. The first kappa shape index (κ1) is 56.7. The summed E-state index contributed by atoms with van der Waals surface area (Å²) in [5, 5.41) is 75.3. The van der Waals surface area contributed by atoms with E-state index in [4.69, 9.17) is 18.9 Å². The Morgan fingerprint density at radius 1 is 0.962 bits per heavy atom. The molecule has 20 nitrogen and oxygen atoms in total. The fraction of sp³-hybridized carbons (Fsp3) is 0.474. The molecule has 1 saturated carbocycles. The number of hydrogen-bond donors (Lipinski definition) is 8. The summed E-state index contributed by atoms with van der Waals surface area (Å²) in [6, 6.07) is 1.41. The number of ether oxygens (including phenoxy) is 4. The highest BCUT2D eigenvalue weighted by molar-refractivity contribution is 6.24. The second-order valence-corrected chi connectivity index (χ2v) is 21.4. The van der Waals surface area contributed by atoms with Gasteiger partial charge in [0, 0.05) is 80.8 Å². The molecule has 2 aromatic carbocycles. The zero-order valence-corrected chi connectivity index (χ0v) is 45.2. The van der Waals surface area contributed by atoms with Gasteiger partial charge in [0.2, 0.25) is 0 Å². The van der Waals surface area contributed by atoms with Crippen LogP contribution in [0.15, 0.2) is 58.3 Å². The minimum atomic E-state index is -2.13. The number of phenols is 3. The summed E-state index contributed by atoms with van der Waals surface area (Å²) in [5.41, 5.74) is 2.85. The lowest BCUT2D eigenvalue weighted by atomic mass is 9.78. The second-order valence-electron chi connectivity index (χ2n) is 21.4. The number of carbonyl (C=O) groups excluding carboxylic acids is 3. The number of aromatic hydroxyl groups is 3. The first-order valence-electron chi connectivity index (χ1n) is 26.0. The first-order chi connectivity index (χ1) is 36.8. The number of ketones is 1. The Labute approximate surface area is 449 Å². The molecule has 9 rings (SSSR count). The number of methoxy groups -OCH3 is 1. The number of amides is 1. The van der Waals surface area contributed by atoms with E-state index in [2.05, 4.69) is 15.8 Å². The number of allylic oxidation sites excluding steroid dienone is 2. The van der Waals surface area contributed by atoms with Crippen LogP contribution in [0, 0.1) is 49.3 Å². The van der Waals surface area contributed by atoms with Crippen LogP contribution in [0.25, 0.3) is 16.3 Å². The second kappa shape index (κ2) is 22.1. The molecule has 1 aliphatic carbocycles. The minimum Gasteiger partial charge on any atom is -0.507 e. The van der Waals surface area contributed by atoms with Crippen molar-refractivity contribution in [2.75, 3.05) is 37.0 Å². The Morgan fingerprint density at radius 2 is 1.67 bits per heavy atom. The van der Waals surface area contributed by atoms with Crippen molar-refractivity contribution in [3.63, 3.8) is 0 Å². The van der Waals surface area contributed by atoms with Gasteiger partial charge in [-0.25, -0.2) is 9.18 Å². The number of pyridine rings is 2. The van der Waals surface area contributed by atoms with E-state index in [-0.39, 0.29) is 57.5 Å². The highest BCUT2D eigenvalue weighted by Gasteiger charge is 2.50. The predicted molar refractivity (Wildman–Crippen MR) is 287 cm³/mol. The number of Topliss-reactive ketones (excluding diaryl/α,β-unsaturated/α-hetero) is 1. The van der Waals surface area contributed by atoms with Crippen LogP contribution in [0.5, 0.6) is 23.0 Å². The third-order valence-electron chi connectivity index (χ3n) is 16.0. The van der Waals surface area contributed by atoms with Crippen LogP contribution in [0.1, 0.15) is 117 Å². The lowest BCUT2D eigenvalue weighted by Gasteiger charge is -2.38. The Balaban J connectivity index is 1.15. The number of fused-ring (bicyclic) bond motifs is 15. The number of phenolic OH excluding ortho intramolecular Hbond substituents is 3. The number of aliphatic hydroxyl groups is 2. The summed E-state index contributed by atoms with van der Waals surface area (Å²) in [7, 11) is 1.41. The minimum absolute atomic E-state index is 0.0106. The normalized spacial score (nSPS) is 28.6. The van der Waals surface area contributed by atoms with Crippen molar-refractivity contribution in [1.29, 1.82) is 0 Å². The number of nitrogens with zero attached hydrogens (tertiary/aromatic N) is 3. The summed E-state index contributed by atoms with van der Waals surface area (Å²) >= 11 is 0. The number of aromatic nitrogens is 1. The van der Waals surface area contributed by atoms with E-state index in [1.54, 1.807) is 46.8 Å². The molecule has 0 spiro atoms. The number of aryl methyl sites for hydroxylation is 1. The molecule has 418 valence electrons. The number of nitrogens with one attached hydrogen (secondary N) is 2. The molecular weight excluding hydrogens is 1010 g/mol. The maximum absolute atomic E-state index is 16.1. The Hall–Kier alpha value is -7.49. The zero-order chi connectivity index (χ0) is 57.0. The van der Waals surface area contributed by atoms with Crippen LogP contribution in [-0.4, -0.2) is 122 Å². The van der Waals surface area contributed by atoms with Gasteiger partial charge in [-0.2, -0.15) is 5.10 Å². The SMILES string of the molecule is CO[C@H]1/C=C/O[C@@]2(C)Oc3c(C)c(O)c4c(O)c(c(/C=N/NCC5CCN(c6c(F)cn7c(=O)c(C(=O)O)cc(C8CC8)c7c6C)C5)c(O)c4c3C2=O)NC(=O)/C(C)=C\C=C\[C@H](C)[C@H](O)[C@@H](C)[C@@H](O)[C@@H](C)[C@H](OC(C)=O)[C@@H]1C. The van der Waals surface area contributed by atoms with E-state index in [0.717, 1.165) is 35.9 Å². The van der Waals surface area contributed by atoms with Gasteiger partial charge < -0.3 is 65.2 Å². The molecule has 4 aromatic rings. The van der Waals surface area contributed by atoms with Crippen molar-refractivity contribution < 1.29 is 73.2 Å². The Kier molecular flexibility index (Phi) is 16.1. The topological polar surface area (TPSA) is 288 Å². The van der Waals surface area contributed by atoms with Crippen LogP contribution in [-0.2, 0) is 23.8 Å². The number of hydrogen-bond acceptors (Lipinski definition) is 17. The molecule has 10 atom stereocenters. The number of hydrazone groups is 1. The van der Waals surface area contributed by atoms with Crippen LogP contribution in [0.4, 0.5) is 15.8 Å². The number of carbonyl (C=O) groups is 4. The van der Waals surface area contributed by atoms with Crippen molar-refractivity contribution in [3.05, 3.63) is 98.0 Å². The number of anilines is 2. The van der Waals surface area contributed by atoms with Crippen molar-refractivity contribution in [3.8, 4) is 23.0 Å². The quantitative estimate of drug-likeness (QED) is 0.0280. The smallest absolute Gasteiger partial charge is 0.341 e. The number of rotatable bonds is 9. The van der Waals surface area contributed by atoms with Crippen LogP contribution < -0.4 is 25.9 Å². The molecule has 2 aromatic heterocycles. The summed E-state index contributed by atoms with van der Waals surface area (Å²) in [6.07, 6.45) is 7.56. The van der Waals surface area contributed by atoms with Gasteiger partial charge in [0.15, 0.2) is 11.6 Å². The molecule has 78 heavy (non-hydrogen) atoms. The largest absolute Gasteiger partial charge is 0.507 e. The number of carboxylic acids is 1. The number of aromatic carboxylic acids is 1. The van der Waals surface area contributed by atoms with Gasteiger partial charge in [-0.05, 0) is 75.1 Å². The standard InChI is InChI=1S/C57H68FN5O15/c1-25-12-11-13-26(2)54(71)61-43-37(22-60-59-21-33-16-18-62(23-33)45-28(4)44-35(34-14-15-34)20-36(56(73)74)55(72)63(44)24-38(45)58)49(68)40-41(50(43)69)48(67)31(7)52-42(40)53(70)57(9,78-52)76-19-17-39(75-10)27(3)51(77-32(8)64)30(6)47(66)29(5)46(25)65/h11-13,17,19-20,22,24-25,27,29-30,33-34,39,46-47,51,59,65-69H,14-16,18,21,23H2,1-10H3,(H,61,71)(H,73,74)/b12-11+,19-17+,26-13-,60-22+/t25-,27+,29+,30+,33?,39-,46-,47+,51+,57-/m0/s1. The number of carboxylic acid groups (broad SMARTS) is 1. The summed E-state index contributed by atoms with van der Waals surface area (Å²) in [5.74, 6) is -11.4. The monoisotopic (exact) mass is 1080 g/mol. The predicted octanol–water partition coefficient (Wildman–Crippen LogP) is 6.84. The van der Waals surface area contributed by atoms with Gasteiger partial charge in [0.25, 0.3) is 17.2 Å². The molecule has 1 amide bonds. The molecular formula is C57H68FN5O15. The average Bonchev–Trinajstić information content (AvgIpc) is 4.24. The summed E-state index contributed by atoms with van der Waals surface area (Å²) < 4.78 is 40.9. The lowest BCUT2D eigenvalue weighted by Crippen LogP contribution is -2.46. The Bertz CT molecular complexity index is 3290. The van der Waals surface area contributed by atoms with Crippen molar-refractivity contribution in [2.24, 2.45) is 34.7 Å². The molecule has 21 heteroatoms. The van der Waals surface area contributed by atoms with E-state index in [0.29, 0.717) is 41.8 Å². The maximum Gasteiger partial charge on any atom is 0.341 e. The van der Waals surface area contributed by atoms with E-state index >= 15 is 4.39 Å².